The van der Waals surface area contributed by atoms with Crippen molar-refractivity contribution in [3.63, 3.8) is 0 Å². The van der Waals surface area contributed by atoms with Crippen LogP contribution in [0.1, 0.15) is 23.8 Å². The molecule has 0 saturated carbocycles. The summed E-state index contributed by atoms with van der Waals surface area (Å²) in [5, 5.41) is 1.27. The van der Waals surface area contributed by atoms with E-state index in [1.807, 2.05) is 20.8 Å². The Morgan fingerprint density at radius 3 is 2.42 bits per heavy atom. The van der Waals surface area contributed by atoms with E-state index in [2.05, 4.69) is 4.72 Å². The van der Waals surface area contributed by atoms with E-state index in [1.54, 1.807) is 36.4 Å². The van der Waals surface area contributed by atoms with Gasteiger partial charge >= 0.3 is 0 Å². The summed E-state index contributed by atoms with van der Waals surface area (Å²) in [5.41, 5.74) is 2.82. The van der Waals surface area contributed by atoms with Gasteiger partial charge < -0.3 is 4.42 Å². The summed E-state index contributed by atoms with van der Waals surface area (Å²) in [6.07, 6.45) is 0.724. The van der Waals surface area contributed by atoms with E-state index in [0.29, 0.717) is 16.3 Å². The van der Waals surface area contributed by atoms with Crippen LogP contribution in [0.2, 0.25) is 5.02 Å². The molecule has 4 nitrogen and oxygen atoms in total. The molecule has 1 aromatic heterocycles. The Morgan fingerprint density at radius 2 is 1.79 bits per heavy atom. The Balaban J connectivity index is 2.11. The number of furan rings is 1. The van der Waals surface area contributed by atoms with Gasteiger partial charge in [-0.1, -0.05) is 36.2 Å². The minimum Gasteiger partial charge on any atom is -0.459 e. The summed E-state index contributed by atoms with van der Waals surface area (Å²) in [6, 6.07) is 10.0. The van der Waals surface area contributed by atoms with Gasteiger partial charge in [0.05, 0.1) is 10.6 Å². The highest BCUT2D eigenvalue weighted by molar-refractivity contribution is 7.92. The average molecular weight is 364 g/mol. The summed E-state index contributed by atoms with van der Waals surface area (Å²) in [7, 11) is -3.72. The summed E-state index contributed by atoms with van der Waals surface area (Å²) >= 11 is 6.17. The number of aryl methyl sites for hydroxylation is 3. The van der Waals surface area contributed by atoms with E-state index in [9.17, 15) is 8.42 Å². The van der Waals surface area contributed by atoms with Crippen molar-refractivity contribution >= 4 is 38.3 Å². The monoisotopic (exact) mass is 363 g/mol. The molecule has 0 fully saturated rings. The van der Waals surface area contributed by atoms with Gasteiger partial charge in [-0.15, -0.1) is 0 Å². The zero-order valence-corrected chi connectivity index (χ0v) is 15.3. The van der Waals surface area contributed by atoms with Crippen LogP contribution in [0.5, 0.6) is 0 Å². The molecular weight excluding hydrogens is 346 g/mol. The highest BCUT2D eigenvalue weighted by atomic mass is 35.5. The number of halogens is 1. The van der Waals surface area contributed by atoms with Crippen LogP contribution < -0.4 is 4.72 Å². The van der Waals surface area contributed by atoms with Crippen molar-refractivity contribution in [1.82, 2.24) is 0 Å². The molecule has 2 aromatic carbocycles. The topological polar surface area (TPSA) is 59.3 Å². The van der Waals surface area contributed by atoms with Crippen LogP contribution in [-0.2, 0) is 16.4 Å². The van der Waals surface area contributed by atoms with E-state index in [1.165, 1.54) is 0 Å². The molecule has 24 heavy (non-hydrogen) atoms. The van der Waals surface area contributed by atoms with E-state index in [0.717, 1.165) is 28.7 Å². The molecule has 0 aliphatic rings. The van der Waals surface area contributed by atoms with Gasteiger partial charge in [-0.05, 0) is 43.7 Å². The molecule has 0 atom stereocenters. The standard InChI is InChI=1S/C18H18ClNO3S/c1-4-17-12(3)15-9-13(19)10-16(18(15)23-17)20-24(21,22)14-7-5-11(2)6-8-14/h5-10,20H,4H2,1-3H3. The van der Waals surface area contributed by atoms with Crippen LogP contribution in [0.4, 0.5) is 5.69 Å². The maximum absolute atomic E-state index is 12.6. The van der Waals surface area contributed by atoms with Crippen molar-refractivity contribution in [1.29, 1.82) is 0 Å². The van der Waals surface area contributed by atoms with Crippen LogP contribution in [0.25, 0.3) is 11.0 Å². The fourth-order valence-electron chi connectivity index (χ4n) is 2.67. The lowest BCUT2D eigenvalue weighted by Gasteiger charge is -2.09. The maximum atomic E-state index is 12.6. The fourth-order valence-corrected chi connectivity index (χ4v) is 3.94. The van der Waals surface area contributed by atoms with Gasteiger partial charge in [0, 0.05) is 16.8 Å². The number of nitrogens with one attached hydrogen (secondary N) is 1. The first-order chi connectivity index (χ1) is 11.3. The quantitative estimate of drug-likeness (QED) is 0.704. The lowest BCUT2D eigenvalue weighted by Crippen LogP contribution is -2.13. The second kappa shape index (κ2) is 6.15. The second-order valence-corrected chi connectivity index (χ2v) is 7.87. The fraction of sp³-hybridized carbons (Fsp3) is 0.222. The minimum absolute atomic E-state index is 0.195. The SMILES string of the molecule is CCc1oc2c(NS(=O)(=O)c3ccc(C)cc3)cc(Cl)cc2c1C. The first-order valence-electron chi connectivity index (χ1n) is 7.63. The van der Waals surface area contributed by atoms with E-state index in [-0.39, 0.29) is 4.90 Å². The molecular formula is C18H18ClNO3S. The van der Waals surface area contributed by atoms with Crippen LogP contribution in [0, 0.1) is 13.8 Å². The van der Waals surface area contributed by atoms with Crippen LogP contribution in [0.15, 0.2) is 45.7 Å². The van der Waals surface area contributed by atoms with Gasteiger partial charge in [0.15, 0.2) is 5.58 Å². The van der Waals surface area contributed by atoms with Gasteiger partial charge in [-0.3, -0.25) is 4.72 Å². The molecule has 126 valence electrons. The normalized spacial score (nSPS) is 11.8. The molecule has 0 saturated heterocycles. The van der Waals surface area contributed by atoms with E-state index in [4.69, 9.17) is 16.0 Å². The molecule has 0 radical (unpaired) electrons. The molecule has 3 aromatic rings. The third kappa shape index (κ3) is 3.01. The Labute approximate surface area is 146 Å². The number of hydrogen-bond donors (Lipinski definition) is 1. The number of sulfonamides is 1. The van der Waals surface area contributed by atoms with Crippen molar-refractivity contribution < 1.29 is 12.8 Å². The highest BCUT2D eigenvalue weighted by Gasteiger charge is 2.19. The number of fused-ring (bicyclic) bond motifs is 1. The number of rotatable bonds is 4. The number of hydrogen-bond acceptors (Lipinski definition) is 3. The zero-order valence-electron chi connectivity index (χ0n) is 13.7. The van der Waals surface area contributed by atoms with Crippen LogP contribution in [0.3, 0.4) is 0 Å². The average Bonchev–Trinajstić information content (AvgIpc) is 2.84. The Hall–Kier alpha value is -1.98. The molecule has 0 aliphatic carbocycles. The zero-order chi connectivity index (χ0) is 17.5. The molecule has 3 rings (SSSR count). The molecule has 0 unspecified atom stereocenters. The van der Waals surface area contributed by atoms with Crippen LogP contribution in [-0.4, -0.2) is 8.42 Å². The lowest BCUT2D eigenvalue weighted by atomic mass is 10.1. The van der Waals surface area contributed by atoms with Gasteiger partial charge in [-0.25, -0.2) is 8.42 Å². The second-order valence-electron chi connectivity index (χ2n) is 5.75. The third-order valence-corrected chi connectivity index (χ3v) is 5.60. The summed E-state index contributed by atoms with van der Waals surface area (Å²) in [5.74, 6) is 0.822. The molecule has 6 heteroatoms. The smallest absolute Gasteiger partial charge is 0.262 e. The molecule has 0 amide bonds. The van der Waals surface area contributed by atoms with Crippen molar-refractivity contribution in [3.05, 3.63) is 58.3 Å². The predicted molar refractivity (Wildman–Crippen MR) is 97.3 cm³/mol. The van der Waals surface area contributed by atoms with E-state index >= 15 is 0 Å². The molecule has 1 heterocycles. The van der Waals surface area contributed by atoms with E-state index < -0.39 is 10.0 Å². The lowest BCUT2D eigenvalue weighted by molar-refractivity contribution is 0.554. The minimum atomic E-state index is -3.72. The largest absolute Gasteiger partial charge is 0.459 e. The predicted octanol–water partition coefficient (Wildman–Crippen LogP) is 5.07. The summed E-state index contributed by atoms with van der Waals surface area (Å²) in [4.78, 5) is 0.195. The van der Waals surface area contributed by atoms with Gasteiger partial charge in [0.1, 0.15) is 5.76 Å². The van der Waals surface area contributed by atoms with Gasteiger partial charge in [-0.2, -0.15) is 0 Å². The molecule has 0 aliphatic heterocycles. The Bertz CT molecular complexity index is 1000. The summed E-state index contributed by atoms with van der Waals surface area (Å²) in [6.45, 7) is 5.84. The van der Waals surface area contributed by atoms with Crippen molar-refractivity contribution in [2.24, 2.45) is 0 Å². The van der Waals surface area contributed by atoms with Crippen molar-refractivity contribution in [2.45, 2.75) is 32.1 Å². The van der Waals surface area contributed by atoms with Gasteiger partial charge in [0.25, 0.3) is 10.0 Å². The highest BCUT2D eigenvalue weighted by Crippen LogP contribution is 2.35. The number of benzene rings is 2. The van der Waals surface area contributed by atoms with Crippen LogP contribution >= 0.6 is 11.6 Å². The van der Waals surface area contributed by atoms with Crippen molar-refractivity contribution in [2.75, 3.05) is 4.72 Å². The first-order valence-corrected chi connectivity index (χ1v) is 9.49. The Morgan fingerprint density at radius 1 is 1.12 bits per heavy atom. The van der Waals surface area contributed by atoms with Gasteiger partial charge in [0.2, 0.25) is 0 Å². The third-order valence-electron chi connectivity index (χ3n) is 4.00. The first kappa shape index (κ1) is 16.9. The number of anilines is 1. The Kier molecular flexibility index (Phi) is 4.32. The van der Waals surface area contributed by atoms with Crippen molar-refractivity contribution in [3.8, 4) is 0 Å². The molecule has 0 spiro atoms. The maximum Gasteiger partial charge on any atom is 0.262 e. The summed E-state index contributed by atoms with van der Waals surface area (Å²) < 4.78 is 33.7. The molecule has 0 bridgehead atoms. The molecule has 1 N–H and O–H groups in total.